The lowest BCUT2D eigenvalue weighted by atomic mass is 10.1. The van der Waals surface area contributed by atoms with Crippen molar-refractivity contribution in [2.24, 2.45) is 0 Å². The number of hydrogen-bond acceptors (Lipinski definition) is 3. The predicted molar refractivity (Wildman–Crippen MR) is 83.9 cm³/mol. The first-order chi connectivity index (χ1) is 9.63. The van der Waals surface area contributed by atoms with Crippen molar-refractivity contribution in [1.29, 1.82) is 0 Å². The second-order valence-electron chi connectivity index (χ2n) is 4.79. The Morgan fingerprint density at radius 1 is 1.20 bits per heavy atom. The first-order valence-electron chi connectivity index (χ1n) is 6.48. The van der Waals surface area contributed by atoms with E-state index in [9.17, 15) is 0 Å². The van der Waals surface area contributed by atoms with Gasteiger partial charge in [-0.25, -0.2) is 4.52 Å². The van der Waals surface area contributed by atoms with Crippen molar-refractivity contribution in [2.45, 2.75) is 19.9 Å². The summed E-state index contributed by atoms with van der Waals surface area (Å²) in [6, 6.07) is 14.3. The highest BCUT2D eigenvalue weighted by atomic mass is 79.9. The highest BCUT2D eigenvalue weighted by Crippen LogP contribution is 2.21. The molecule has 2 aromatic heterocycles. The standard InChI is InChI=1S/C15H15BrN4/c1-10-5-3-8-14-18-15(19-20(10)14)17-11(2)12-6-4-7-13(16)9-12/h3-9,11H,1-2H3,(H,17,19). The number of fused-ring (bicyclic) bond motifs is 1. The first kappa shape index (κ1) is 13.1. The molecule has 0 radical (unpaired) electrons. The smallest absolute Gasteiger partial charge is 0.243 e. The molecular weight excluding hydrogens is 316 g/mol. The van der Waals surface area contributed by atoms with E-state index in [1.54, 1.807) is 0 Å². The molecule has 102 valence electrons. The topological polar surface area (TPSA) is 42.2 Å². The number of rotatable bonds is 3. The van der Waals surface area contributed by atoms with Crippen LogP contribution in [0.2, 0.25) is 0 Å². The predicted octanol–water partition coefficient (Wildman–Crippen LogP) is 3.97. The van der Waals surface area contributed by atoms with E-state index in [1.807, 2.05) is 41.8 Å². The first-order valence-corrected chi connectivity index (χ1v) is 7.27. The van der Waals surface area contributed by atoms with Gasteiger partial charge in [0.25, 0.3) is 0 Å². The molecule has 20 heavy (non-hydrogen) atoms. The molecular formula is C15H15BrN4. The maximum atomic E-state index is 4.49. The van der Waals surface area contributed by atoms with Crippen molar-refractivity contribution < 1.29 is 0 Å². The summed E-state index contributed by atoms with van der Waals surface area (Å²) in [5.41, 5.74) is 3.11. The van der Waals surface area contributed by atoms with Gasteiger partial charge >= 0.3 is 0 Å². The molecule has 3 aromatic rings. The van der Waals surface area contributed by atoms with Crippen molar-refractivity contribution in [3.8, 4) is 0 Å². The van der Waals surface area contributed by atoms with E-state index in [0.29, 0.717) is 5.95 Å². The highest BCUT2D eigenvalue weighted by Gasteiger charge is 2.10. The summed E-state index contributed by atoms with van der Waals surface area (Å²) >= 11 is 3.49. The molecule has 4 nitrogen and oxygen atoms in total. The fourth-order valence-corrected chi connectivity index (χ4v) is 2.57. The van der Waals surface area contributed by atoms with Crippen LogP contribution in [0.15, 0.2) is 46.9 Å². The zero-order chi connectivity index (χ0) is 14.1. The summed E-state index contributed by atoms with van der Waals surface area (Å²) in [7, 11) is 0. The molecule has 2 heterocycles. The lowest BCUT2D eigenvalue weighted by molar-refractivity contribution is 0.845. The molecule has 3 rings (SSSR count). The van der Waals surface area contributed by atoms with Crippen molar-refractivity contribution >= 4 is 27.5 Å². The van der Waals surface area contributed by atoms with Gasteiger partial charge in [-0.2, -0.15) is 4.98 Å². The monoisotopic (exact) mass is 330 g/mol. The number of nitrogens with zero attached hydrogens (tertiary/aromatic N) is 3. The highest BCUT2D eigenvalue weighted by molar-refractivity contribution is 9.10. The lowest BCUT2D eigenvalue weighted by Gasteiger charge is -2.12. The van der Waals surface area contributed by atoms with Crippen LogP contribution >= 0.6 is 15.9 Å². The molecule has 1 unspecified atom stereocenters. The Labute approximate surface area is 126 Å². The number of anilines is 1. The number of halogens is 1. The third kappa shape index (κ3) is 2.54. The second kappa shape index (κ2) is 5.25. The third-order valence-corrected chi connectivity index (χ3v) is 3.74. The van der Waals surface area contributed by atoms with Gasteiger partial charge in [0.1, 0.15) is 0 Å². The van der Waals surface area contributed by atoms with Gasteiger partial charge < -0.3 is 5.32 Å². The SMILES string of the molecule is Cc1cccc2nc(NC(C)c3cccc(Br)c3)nn12. The molecule has 0 spiro atoms. The van der Waals surface area contributed by atoms with Crippen LogP contribution in [0, 0.1) is 6.92 Å². The molecule has 1 aromatic carbocycles. The van der Waals surface area contributed by atoms with E-state index in [4.69, 9.17) is 0 Å². The number of nitrogens with one attached hydrogen (secondary N) is 1. The van der Waals surface area contributed by atoms with Crippen LogP contribution in [0.1, 0.15) is 24.2 Å². The molecule has 0 aliphatic rings. The van der Waals surface area contributed by atoms with Gasteiger partial charge in [-0.3, -0.25) is 0 Å². The molecule has 0 aliphatic carbocycles. The summed E-state index contributed by atoms with van der Waals surface area (Å²) in [5.74, 6) is 0.645. The Balaban J connectivity index is 1.87. The zero-order valence-corrected chi connectivity index (χ0v) is 12.9. The van der Waals surface area contributed by atoms with E-state index in [1.165, 1.54) is 5.56 Å². The zero-order valence-electron chi connectivity index (χ0n) is 11.3. The van der Waals surface area contributed by atoms with E-state index >= 15 is 0 Å². The normalized spacial score (nSPS) is 12.6. The quantitative estimate of drug-likeness (QED) is 0.789. The minimum absolute atomic E-state index is 0.144. The fraction of sp³-hybridized carbons (Fsp3) is 0.200. The Morgan fingerprint density at radius 3 is 2.75 bits per heavy atom. The van der Waals surface area contributed by atoms with Crippen LogP contribution in [0.3, 0.4) is 0 Å². The number of benzene rings is 1. The van der Waals surface area contributed by atoms with Gasteiger partial charge in [0, 0.05) is 10.2 Å². The van der Waals surface area contributed by atoms with Crippen molar-refractivity contribution in [1.82, 2.24) is 14.6 Å². The van der Waals surface area contributed by atoms with Crippen LogP contribution in [0.4, 0.5) is 5.95 Å². The molecule has 0 bridgehead atoms. The number of aryl methyl sites for hydroxylation is 1. The van der Waals surface area contributed by atoms with Crippen LogP contribution in [-0.4, -0.2) is 14.6 Å². The molecule has 0 saturated heterocycles. The summed E-state index contributed by atoms with van der Waals surface area (Å²) in [4.78, 5) is 4.49. The van der Waals surface area contributed by atoms with Crippen LogP contribution < -0.4 is 5.32 Å². The average molecular weight is 331 g/mol. The molecule has 1 N–H and O–H groups in total. The molecule has 0 fully saturated rings. The molecule has 0 saturated carbocycles. The van der Waals surface area contributed by atoms with Crippen LogP contribution in [-0.2, 0) is 0 Å². The van der Waals surface area contributed by atoms with E-state index in [-0.39, 0.29) is 6.04 Å². The summed E-state index contributed by atoms with van der Waals surface area (Å²) in [6.07, 6.45) is 0. The lowest BCUT2D eigenvalue weighted by Crippen LogP contribution is -2.08. The van der Waals surface area contributed by atoms with E-state index < -0.39 is 0 Å². The number of aromatic nitrogens is 3. The molecule has 1 atom stereocenters. The number of pyridine rings is 1. The maximum Gasteiger partial charge on any atom is 0.243 e. The van der Waals surface area contributed by atoms with Crippen molar-refractivity contribution in [3.05, 3.63) is 58.2 Å². The van der Waals surface area contributed by atoms with Gasteiger partial charge in [-0.05, 0) is 43.7 Å². The van der Waals surface area contributed by atoms with Gasteiger partial charge in [-0.1, -0.05) is 34.1 Å². The minimum atomic E-state index is 0.144. The fourth-order valence-electron chi connectivity index (χ4n) is 2.15. The Kier molecular flexibility index (Phi) is 3.44. The van der Waals surface area contributed by atoms with Crippen LogP contribution in [0.5, 0.6) is 0 Å². The van der Waals surface area contributed by atoms with Crippen LogP contribution in [0.25, 0.3) is 5.65 Å². The van der Waals surface area contributed by atoms with E-state index in [2.05, 4.69) is 50.4 Å². The Morgan fingerprint density at radius 2 is 2.00 bits per heavy atom. The van der Waals surface area contributed by atoms with Crippen molar-refractivity contribution in [2.75, 3.05) is 5.32 Å². The minimum Gasteiger partial charge on any atom is -0.346 e. The molecule has 0 amide bonds. The third-order valence-electron chi connectivity index (χ3n) is 3.24. The summed E-state index contributed by atoms with van der Waals surface area (Å²) in [6.45, 7) is 4.11. The molecule has 5 heteroatoms. The Hall–Kier alpha value is -1.88. The summed E-state index contributed by atoms with van der Waals surface area (Å²) in [5, 5.41) is 7.82. The maximum absolute atomic E-state index is 4.49. The molecule has 0 aliphatic heterocycles. The largest absolute Gasteiger partial charge is 0.346 e. The second-order valence-corrected chi connectivity index (χ2v) is 5.71. The Bertz CT molecular complexity index is 750. The van der Waals surface area contributed by atoms with Crippen molar-refractivity contribution in [3.63, 3.8) is 0 Å². The van der Waals surface area contributed by atoms with Gasteiger partial charge in [-0.15, -0.1) is 5.10 Å². The number of hydrogen-bond donors (Lipinski definition) is 1. The van der Waals surface area contributed by atoms with Gasteiger partial charge in [0.2, 0.25) is 5.95 Å². The average Bonchev–Trinajstić information content (AvgIpc) is 2.83. The summed E-state index contributed by atoms with van der Waals surface area (Å²) < 4.78 is 2.91. The van der Waals surface area contributed by atoms with Gasteiger partial charge in [0.05, 0.1) is 6.04 Å². The van der Waals surface area contributed by atoms with E-state index in [0.717, 1.165) is 15.8 Å². The van der Waals surface area contributed by atoms with Gasteiger partial charge in [0.15, 0.2) is 5.65 Å².